The molecule has 4 nitrogen and oxygen atoms in total. The fourth-order valence-electron chi connectivity index (χ4n) is 2.53. The lowest BCUT2D eigenvalue weighted by atomic mass is 10.1. The predicted molar refractivity (Wildman–Crippen MR) is 76.5 cm³/mol. The molecule has 0 aliphatic carbocycles. The summed E-state index contributed by atoms with van der Waals surface area (Å²) in [6.07, 6.45) is 3.54. The largest absolute Gasteiger partial charge is 0.334 e. The molecule has 1 aliphatic rings. The Balaban J connectivity index is 2.17. The van der Waals surface area contributed by atoms with E-state index in [9.17, 15) is 4.79 Å². The average molecular weight is 282 g/mol. The first kappa shape index (κ1) is 14.3. The van der Waals surface area contributed by atoms with Crippen LogP contribution in [0.5, 0.6) is 0 Å². The van der Waals surface area contributed by atoms with Crippen molar-refractivity contribution in [1.29, 1.82) is 0 Å². The third-order valence-corrected chi connectivity index (χ3v) is 3.83. The highest BCUT2D eigenvalue weighted by Crippen LogP contribution is 2.16. The summed E-state index contributed by atoms with van der Waals surface area (Å²) in [6, 6.07) is 3.69. The maximum absolute atomic E-state index is 12.6. The molecule has 0 radical (unpaired) electrons. The Morgan fingerprint density at radius 1 is 1.47 bits per heavy atom. The first-order valence-corrected chi connectivity index (χ1v) is 7.10. The third-order valence-electron chi connectivity index (χ3n) is 3.61. The smallest absolute Gasteiger partial charge is 0.255 e. The molecule has 1 aliphatic heterocycles. The van der Waals surface area contributed by atoms with Crippen LogP contribution in [-0.4, -0.2) is 53.4 Å². The Morgan fingerprint density at radius 2 is 2.26 bits per heavy atom. The van der Waals surface area contributed by atoms with Crippen molar-refractivity contribution in [2.45, 2.75) is 25.8 Å². The Morgan fingerprint density at radius 3 is 2.89 bits per heavy atom. The summed E-state index contributed by atoms with van der Waals surface area (Å²) in [5.41, 5.74) is 0.618. The molecule has 1 atom stereocenters. The monoisotopic (exact) mass is 281 g/mol. The van der Waals surface area contributed by atoms with E-state index in [2.05, 4.69) is 23.9 Å². The van der Waals surface area contributed by atoms with E-state index in [0.29, 0.717) is 10.7 Å². The van der Waals surface area contributed by atoms with Crippen molar-refractivity contribution in [1.82, 2.24) is 14.8 Å². The number of nitrogens with zero attached hydrogens (tertiary/aromatic N) is 3. The topological polar surface area (TPSA) is 36.4 Å². The molecule has 0 spiro atoms. The van der Waals surface area contributed by atoms with Gasteiger partial charge >= 0.3 is 0 Å². The van der Waals surface area contributed by atoms with E-state index >= 15 is 0 Å². The van der Waals surface area contributed by atoms with Gasteiger partial charge in [0.05, 0.1) is 5.56 Å². The number of carbonyl (C=O) groups excluding carboxylic acids is 1. The molecule has 1 aromatic heterocycles. The number of hydrogen-bond donors (Lipinski definition) is 0. The number of amides is 1. The number of halogens is 1. The normalized spacial score (nSPS) is 21.2. The second-order valence-electron chi connectivity index (χ2n) is 5.05. The van der Waals surface area contributed by atoms with Gasteiger partial charge in [0.1, 0.15) is 5.15 Å². The van der Waals surface area contributed by atoms with Crippen molar-refractivity contribution < 1.29 is 4.79 Å². The van der Waals surface area contributed by atoms with Gasteiger partial charge in [-0.05, 0) is 38.6 Å². The highest BCUT2D eigenvalue weighted by Gasteiger charge is 2.26. The highest BCUT2D eigenvalue weighted by molar-refractivity contribution is 6.29. The molecular weight excluding hydrogens is 262 g/mol. The molecule has 1 saturated heterocycles. The molecule has 1 aromatic rings. The van der Waals surface area contributed by atoms with Crippen LogP contribution in [0.2, 0.25) is 5.15 Å². The van der Waals surface area contributed by atoms with Gasteiger partial charge in [-0.25, -0.2) is 4.98 Å². The molecule has 2 rings (SSSR count). The van der Waals surface area contributed by atoms with Crippen LogP contribution in [0.1, 0.15) is 30.1 Å². The van der Waals surface area contributed by atoms with Crippen LogP contribution < -0.4 is 0 Å². The SMILES string of the molecule is CCC1CN(C)CCCN1C(=O)c1ccc(Cl)nc1. The predicted octanol–water partition coefficient (Wildman–Crippen LogP) is 2.29. The minimum absolute atomic E-state index is 0.0614. The van der Waals surface area contributed by atoms with Crippen LogP contribution >= 0.6 is 11.6 Å². The van der Waals surface area contributed by atoms with Gasteiger partial charge in [-0.1, -0.05) is 18.5 Å². The molecule has 1 fully saturated rings. The molecule has 5 heteroatoms. The zero-order chi connectivity index (χ0) is 13.8. The number of carbonyl (C=O) groups is 1. The molecule has 1 unspecified atom stereocenters. The number of hydrogen-bond acceptors (Lipinski definition) is 3. The Bertz CT molecular complexity index is 435. The quantitative estimate of drug-likeness (QED) is 0.781. The van der Waals surface area contributed by atoms with Crippen LogP contribution in [0, 0.1) is 0 Å². The Kier molecular flexibility index (Phi) is 4.77. The van der Waals surface area contributed by atoms with Crippen molar-refractivity contribution >= 4 is 17.5 Å². The lowest BCUT2D eigenvalue weighted by Crippen LogP contribution is -2.43. The fraction of sp³-hybridized carbons (Fsp3) is 0.571. The van der Waals surface area contributed by atoms with Gasteiger partial charge in [-0.15, -0.1) is 0 Å². The number of pyridine rings is 1. The van der Waals surface area contributed by atoms with E-state index in [1.165, 1.54) is 0 Å². The van der Waals surface area contributed by atoms with Gasteiger partial charge in [0.2, 0.25) is 0 Å². The summed E-state index contributed by atoms with van der Waals surface area (Å²) in [7, 11) is 2.11. The average Bonchev–Trinajstić information content (AvgIpc) is 2.60. The summed E-state index contributed by atoms with van der Waals surface area (Å²) in [6.45, 7) is 4.91. The van der Waals surface area contributed by atoms with E-state index in [-0.39, 0.29) is 11.9 Å². The lowest BCUT2D eigenvalue weighted by Gasteiger charge is -2.30. The van der Waals surface area contributed by atoms with Crippen molar-refractivity contribution in [3.05, 3.63) is 29.0 Å². The Labute approximate surface area is 119 Å². The van der Waals surface area contributed by atoms with E-state index in [0.717, 1.165) is 32.5 Å². The molecule has 19 heavy (non-hydrogen) atoms. The van der Waals surface area contributed by atoms with E-state index < -0.39 is 0 Å². The van der Waals surface area contributed by atoms with E-state index in [1.54, 1.807) is 18.3 Å². The van der Waals surface area contributed by atoms with Gasteiger partial charge < -0.3 is 9.80 Å². The van der Waals surface area contributed by atoms with Crippen LogP contribution in [0.25, 0.3) is 0 Å². The summed E-state index contributed by atoms with van der Waals surface area (Å²) in [5, 5.41) is 0.416. The lowest BCUT2D eigenvalue weighted by molar-refractivity contribution is 0.0675. The van der Waals surface area contributed by atoms with Gasteiger partial charge in [0.25, 0.3) is 5.91 Å². The standard InChI is InChI=1S/C14H20ClN3O/c1-3-12-10-17(2)7-4-8-18(12)14(19)11-5-6-13(15)16-9-11/h5-6,9,12H,3-4,7-8,10H2,1-2H3. The molecule has 0 bridgehead atoms. The molecule has 2 heterocycles. The van der Waals surface area contributed by atoms with E-state index in [4.69, 9.17) is 11.6 Å². The second kappa shape index (κ2) is 6.35. The van der Waals surface area contributed by atoms with Crippen LogP contribution in [0.3, 0.4) is 0 Å². The molecule has 0 N–H and O–H groups in total. The minimum Gasteiger partial charge on any atom is -0.334 e. The first-order valence-electron chi connectivity index (χ1n) is 6.73. The van der Waals surface area contributed by atoms with Gasteiger partial charge in [0.15, 0.2) is 0 Å². The summed E-state index contributed by atoms with van der Waals surface area (Å²) in [5.74, 6) is 0.0614. The molecule has 0 aromatic carbocycles. The summed E-state index contributed by atoms with van der Waals surface area (Å²) < 4.78 is 0. The molecule has 0 saturated carbocycles. The fourth-order valence-corrected chi connectivity index (χ4v) is 2.64. The maximum atomic E-state index is 12.6. The summed E-state index contributed by atoms with van der Waals surface area (Å²) in [4.78, 5) is 20.8. The van der Waals surface area contributed by atoms with Crippen molar-refractivity contribution in [2.24, 2.45) is 0 Å². The Hall–Kier alpha value is -1.13. The first-order chi connectivity index (χ1) is 9.11. The number of rotatable bonds is 2. The second-order valence-corrected chi connectivity index (χ2v) is 5.43. The maximum Gasteiger partial charge on any atom is 0.255 e. The van der Waals surface area contributed by atoms with Gasteiger partial charge in [-0.3, -0.25) is 4.79 Å². The number of likely N-dealkylation sites (N-methyl/N-ethyl adjacent to an activating group) is 1. The minimum atomic E-state index is 0.0614. The molecule has 104 valence electrons. The highest BCUT2D eigenvalue weighted by atomic mass is 35.5. The summed E-state index contributed by atoms with van der Waals surface area (Å²) >= 11 is 5.76. The molecular formula is C14H20ClN3O. The van der Waals surface area contributed by atoms with Crippen LogP contribution in [0.4, 0.5) is 0 Å². The zero-order valence-electron chi connectivity index (χ0n) is 11.5. The van der Waals surface area contributed by atoms with Crippen molar-refractivity contribution in [3.63, 3.8) is 0 Å². The van der Waals surface area contributed by atoms with Gasteiger partial charge in [0, 0.05) is 25.3 Å². The van der Waals surface area contributed by atoms with Crippen molar-refractivity contribution in [3.8, 4) is 0 Å². The van der Waals surface area contributed by atoms with Crippen LogP contribution in [0.15, 0.2) is 18.3 Å². The third kappa shape index (κ3) is 3.45. The van der Waals surface area contributed by atoms with Crippen LogP contribution in [-0.2, 0) is 0 Å². The van der Waals surface area contributed by atoms with Gasteiger partial charge in [-0.2, -0.15) is 0 Å². The zero-order valence-corrected chi connectivity index (χ0v) is 12.2. The number of aromatic nitrogens is 1. The van der Waals surface area contributed by atoms with Crippen molar-refractivity contribution in [2.75, 3.05) is 26.7 Å². The van der Waals surface area contributed by atoms with E-state index in [1.807, 2.05) is 4.90 Å². The molecule has 1 amide bonds.